The van der Waals surface area contributed by atoms with Crippen molar-refractivity contribution < 1.29 is 19.6 Å². The molecule has 0 N–H and O–H groups in total. The number of nitrogens with zero attached hydrogens (tertiary/aromatic N) is 1. The van der Waals surface area contributed by atoms with Crippen LogP contribution in [0.25, 0.3) is 0 Å². The Morgan fingerprint density at radius 2 is 2.13 bits per heavy atom. The maximum Gasteiger partial charge on any atom is 0.310 e. The van der Waals surface area contributed by atoms with Crippen LogP contribution >= 0.6 is 0 Å². The maximum absolute atomic E-state index is 11.3. The minimum atomic E-state index is -1.36. The summed E-state index contributed by atoms with van der Waals surface area (Å²) in [6, 6.07) is 3.59. The fraction of sp³-hybridized carbons (Fsp3) is 0.588. The molecule has 6 heteroatoms. The van der Waals surface area contributed by atoms with Crippen molar-refractivity contribution in [3.05, 3.63) is 33.9 Å². The number of carbonyl (C=O) groups is 1. The number of rotatable bonds is 5. The molecule has 2 aliphatic rings. The topological polar surface area (TPSA) is 92.5 Å². The lowest BCUT2D eigenvalue weighted by molar-refractivity contribution is -0.386. The first-order chi connectivity index (χ1) is 10.8. The van der Waals surface area contributed by atoms with Crippen LogP contribution in [0, 0.1) is 27.9 Å². The Hall–Kier alpha value is -2.11. The van der Waals surface area contributed by atoms with Crippen molar-refractivity contribution in [2.75, 3.05) is 0 Å². The highest BCUT2D eigenvalue weighted by Crippen LogP contribution is 2.56. The van der Waals surface area contributed by atoms with Crippen LogP contribution in [0.2, 0.25) is 0 Å². The smallest absolute Gasteiger partial charge is 0.310 e. The summed E-state index contributed by atoms with van der Waals surface area (Å²) in [4.78, 5) is 21.8. The van der Waals surface area contributed by atoms with Gasteiger partial charge in [0.1, 0.15) is 5.60 Å². The van der Waals surface area contributed by atoms with Crippen molar-refractivity contribution in [1.82, 2.24) is 0 Å². The summed E-state index contributed by atoms with van der Waals surface area (Å²) in [6.07, 6.45) is 4.22. The van der Waals surface area contributed by atoms with Crippen molar-refractivity contribution in [3.63, 3.8) is 0 Å². The molecule has 23 heavy (non-hydrogen) atoms. The van der Waals surface area contributed by atoms with E-state index in [-0.39, 0.29) is 22.9 Å². The summed E-state index contributed by atoms with van der Waals surface area (Å²) in [5.41, 5.74) is -0.747. The van der Waals surface area contributed by atoms with Crippen LogP contribution in [0.5, 0.6) is 5.75 Å². The van der Waals surface area contributed by atoms with Gasteiger partial charge in [-0.25, -0.2) is 0 Å². The van der Waals surface area contributed by atoms with E-state index in [1.54, 1.807) is 0 Å². The number of carbonyl (C=O) groups excluding carboxylic acids is 1. The fourth-order valence-electron chi connectivity index (χ4n) is 4.35. The molecule has 0 heterocycles. The molecule has 0 saturated heterocycles. The molecule has 0 amide bonds. The number of carboxylic acids is 1. The summed E-state index contributed by atoms with van der Waals surface area (Å²) in [6.45, 7) is 4.13. The first-order valence-corrected chi connectivity index (χ1v) is 8.02. The second-order valence-electron chi connectivity index (χ2n) is 7.02. The molecule has 6 nitrogen and oxygen atoms in total. The highest BCUT2D eigenvalue weighted by atomic mass is 16.6. The number of hydrogen-bond donors (Lipinski definition) is 0. The van der Waals surface area contributed by atoms with E-state index in [4.69, 9.17) is 4.74 Å². The minimum absolute atomic E-state index is 0.0398. The molecule has 2 aliphatic carbocycles. The molecule has 3 atom stereocenters. The van der Waals surface area contributed by atoms with Gasteiger partial charge in [0.05, 0.1) is 10.9 Å². The monoisotopic (exact) mass is 318 g/mol. The summed E-state index contributed by atoms with van der Waals surface area (Å²) < 4.78 is 6.21. The molecule has 3 unspecified atom stereocenters. The van der Waals surface area contributed by atoms with Crippen LogP contribution in [-0.4, -0.2) is 16.5 Å². The molecule has 0 aromatic heterocycles. The minimum Gasteiger partial charge on any atom is -0.545 e. The maximum atomic E-state index is 11.3. The highest BCUT2D eigenvalue weighted by molar-refractivity contribution is 5.87. The number of fused-ring (bicyclic) bond motifs is 2. The molecule has 1 aromatic carbocycles. The third kappa shape index (κ3) is 2.56. The Labute approximate surface area is 134 Å². The van der Waals surface area contributed by atoms with Gasteiger partial charge in [0.25, 0.3) is 0 Å². The number of carboxylic acid groups (broad SMARTS) is 1. The van der Waals surface area contributed by atoms with E-state index in [0.29, 0.717) is 11.8 Å². The molecule has 2 bridgehead atoms. The van der Waals surface area contributed by atoms with Gasteiger partial charge in [-0.05, 0) is 55.6 Å². The van der Waals surface area contributed by atoms with E-state index in [9.17, 15) is 20.0 Å². The number of hydrogen-bond acceptors (Lipinski definition) is 5. The van der Waals surface area contributed by atoms with Gasteiger partial charge in [0.15, 0.2) is 5.75 Å². The Morgan fingerprint density at radius 3 is 2.61 bits per heavy atom. The van der Waals surface area contributed by atoms with E-state index in [2.05, 4.69) is 13.8 Å². The third-order valence-corrected chi connectivity index (χ3v) is 5.51. The van der Waals surface area contributed by atoms with Crippen LogP contribution in [0.4, 0.5) is 5.69 Å². The quantitative estimate of drug-likeness (QED) is 0.614. The average molecular weight is 318 g/mol. The molecular weight excluding hydrogens is 298 g/mol. The molecule has 3 rings (SSSR count). The lowest BCUT2D eigenvalue weighted by Gasteiger charge is -2.41. The Kier molecular flexibility index (Phi) is 3.78. The van der Waals surface area contributed by atoms with Crippen LogP contribution in [0.1, 0.15) is 49.9 Å². The Balaban J connectivity index is 2.01. The molecule has 0 spiro atoms. The second kappa shape index (κ2) is 5.51. The molecule has 124 valence electrons. The van der Waals surface area contributed by atoms with E-state index >= 15 is 0 Å². The fourth-order valence-corrected chi connectivity index (χ4v) is 4.35. The predicted octanol–water partition coefficient (Wildman–Crippen LogP) is 2.55. The van der Waals surface area contributed by atoms with Gasteiger partial charge < -0.3 is 14.6 Å². The van der Waals surface area contributed by atoms with E-state index in [1.807, 2.05) is 0 Å². The molecular formula is C17H20NO5-. The summed E-state index contributed by atoms with van der Waals surface area (Å²) in [5.74, 6) is -0.150. The SMILES string of the molecule is CC(C)C1(Oc2cc(C(=O)[O-])ccc2[N+](=O)[O-])CC2CCC1C2. The predicted molar refractivity (Wildman–Crippen MR) is 81.1 cm³/mol. The first-order valence-electron chi connectivity index (χ1n) is 8.02. The van der Waals surface area contributed by atoms with Crippen molar-refractivity contribution in [1.29, 1.82) is 0 Å². The lowest BCUT2D eigenvalue weighted by Crippen LogP contribution is -2.46. The van der Waals surface area contributed by atoms with Gasteiger partial charge in [0, 0.05) is 11.6 Å². The highest BCUT2D eigenvalue weighted by Gasteiger charge is 2.55. The Morgan fingerprint density at radius 1 is 1.39 bits per heavy atom. The van der Waals surface area contributed by atoms with E-state index < -0.39 is 16.5 Å². The summed E-state index contributed by atoms with van der Waals surface area (Å²) in [7, 11) is 0. The summed E-state index contributed by atoms with van der Waals surface area (Å²) in [5, 5.41) is 22.3. The normalized spacial score (nSPS) is 29.0. The van der Waals surface area contributed by atoms with Crippen molar-refractivity contribution in [3.8, 4) is 5.75 Å². The van der Waals surface area contributed by atoms with Crippen LogP contribution < -0.4 is 9.84 Å². The van der Waals surface area contributed by atoms with E-state index in [1.165, 1.54) is 24.6 Å². The zero-order valence-corrected chi connectivity index (χ0v) is 13.3. The number of benzene rings is 1. The molecule has 1 aromatic rings. The van der Waals surface area contributed by atoms with Gasteiger partial charge in [-0.2, -0.15) is 0 Å². The Bertz CT molecular complexity index is 656. The molecule has 2 saturated carbocycles. The number of ether oxygens (including phenoxy) is 1. The van der Waals surface area contributed by atoms with E-state index in [0.717, 1.165) is 19.3 Å². The zero-order valence-electron chi connectivity index (χ0n) is 13.3. The second-order valence-corrected chi connectivity index (χ2v) is 7.02. The largest absolute Gasteiger partial charge is 0.545 e. The number of aromatic carboxylic acids is 1. The first kappa shape index (κ1) is 15.8. The number of nitro benzene ring substituents is 1. The van der Waals surface area contributed by atoms with Crippen LogP contribution in [0.15, 0.2) is 18.2 Å². The van der Waals surface area contributed by atoms with Crippen LogP contribution in [0.3, 0.4) is 0 Å². The van der Waals surface area contributed by atoms with Crippen molar-refractivity contribution in [2.45, 2.75) is 45.1 Å². The number of nitro groups is 1. The van der Waals surface area contributed by atoms with Gasteiger partial charge in [0.2, 0.25) is 0 Å². The lowest BCUT2D eigenvalue weighted by atomic mass is 9.76. The summed E-state index contributed by atoms with van der Waals surface area (Å²) >= 11 is 0. The van der Waals surface area contributed by atoms with Gasteiger partial charge in [-0.15, -0.1) is 0 Å². The van der Waals surface area contributed by atoms with Crippen molar-refractivity contribution in [2.24, 2.45) is 17.8 Å². The standard InChI is InChI=1S/C17H21NO5/c1-10(2)17(9-11-3-5-13(17)7-11)23-15-8-12(16(19)20)4-6-14(15)18(21)22/h4,6,8,10-11,13H,3,5,7,9H2,1-2H3,(H,19,20)/p-1. The molecule has 0 radical (unpaired) electrons. The third-order valence-electron chi connectivity index (χ3n) is 5.51. The van der Waals surface area contributed by atoms with Crippen molar-refractivity contribution >= 4 is 11.7 Å². The molecule has 0 aliphatic heterocycles. The van der Waals surface area contributed by atoms with Gasteiger partial charge in [-0.1, -0.05) is 13.8 Å². The van der Waals surface area contributed by atoms with Gasteiger partial charge in [-0.3, -0.25) is 10.1 Å². The van der Waals surface area contributed by atoms with Gasteiger partial charge >= 0.3 is 5.69 Å². The van der Waals surface area contributed by atoms with Crippen LogP contribution in [-0.2, 0) is 0 Å². The molecule has 2 fully saturated rings. The average Bonchev–Trinajstić information content (AvgIpc) is 3.08. The zero-order chi connectivity index (χ0) is 16.8.